The summed E-state index contributed by atoms with van der Waals surface area (Å²) in [5.41, 5.74) is 1.12. The molecule has 1 aliphatic carbocycles. The van der Waals surface area contributed by atoms with Crippen LogP contribution in [0.4, 0.5) is 29.5 Å². The van der Waals surface area contributed by atoms with Crippen LogP contribution in [0.5, 0.6) is 0 Å². The van der Waals surface area contributed by atoms with Gasteiger partial charge in [-0.05, 0) is 32.7 Å². The first kappa shape index (κ1) is 25.1. The fourth-order valence-corrected chi connectivity index (χ4v) is 6.09. The molecule has 14 heteroatoms. The number of H-pyrrole nitrogens is 1. The van der Waals surface area contributed by atoms with E-state index in [9.17, 15) is 4.79 Å². The van der Waals surface area contributed by atoms with Gasteiger partial charge in [0, 0.05) is 75.3 Å². The molecule has 3 aliphatic heterocycles. The van der Waals surface area contributed by atoms with Crippen LogP contribution < -0.4 is 20.4 Å². The van der Waals surface area contributed by atoms with Gasteiger partial charge in [0.1, 0.15) is 6.04 Å². The van der Waals surface area contributed by atoms with Gasteiger partial charge in [-0.3, -0.25) is 19.8 Å². The molecular formula is C26H34N12O2. The number of hydrogen-bond acceptors (Lipinski definition) is 12. The average molecular weight is 547 g/mol. The van der Waals surface area contributed by atoms with Crippen LogP contribution in [0.15, 0.2) is 24.7 Å². The molecule has 0 radical (unpaired) electrons. The third kappa shape index (κ3) is 4.92. The summed E-state index contributed by atoms with van der Waals surface area (Å²) in [5.74, 6) is 2.82. The number of rotatable bonds is 8. The maximum absolute atomic E-state index is 13.4. The molecule has 0 aromatic carbocycles. The molecule has 210 valence electrons. The van der Waals surface area contributed by atoms with Crippen LogP contribution in [-0.4, -0.2) is 104 Å². The number of aromatic amines is 1. The third-order valence-corrected chi connectivity index (χ3v) is 8.57. The summed E-state index contributed by atoms with van der Waals surface area (Å²) in [4.78, 5) is 42.9. The van der Waals surface area contributed by atoms with Crippen molar-refractivity contribution in [2.45, 2.75) is 62.3 Å². The van der Waals surface area contributed by atoms with Crippen LogP contribution in [0.1, 0.15) is 43.7 Å². The topological polar surface area (TPSA) is 153 Å². The molecule has 14 nitrogen and oxygen atoms in total. The largest absolute Gasteiger partial charge is 0.380 e. The first-order chi connectivity index (χ1) is 19.5. The maximum Gasteiger partial charge on any atom is 0.248 e. The minimum Gasteiger partial charge on any atom is -0.380 e. The van der Waals surface area contributed by atoms with E-state index in [0.717, 1.165) is 18.8 Å². The Kier molecular flexibility index (Phi) is 6.42. The molecule has 1 amide bonds. The van der Waals surface area contributed by atoms with Gasteiger partial charge < -0.3 is 25.2 Å². The zero-order valence-corrected chi connectivity index (χ0v) is 22.7. The molecule has 3 N–H and O–H groups in total. The van der Waals surface area contributed by atoms with Gasteiger partial charge in [-0.25, -0.2) is 4.98 Å². The number of ether oxygens (including phenoxy) is 1. The van der Waals surface area contributed by atoms with Crippen LogP contribution >= 0.6 is 0 Å². The first-order valence-electron chi connectivity index (χ1n) is 14.0. The highest BCUT2D eigenvalue weighted by Gasteiger charge is 2.41. The Balaban J connectivity index is 1.21. The fourth-order valence-electron chi connectivity index (χ4n) is 6.09. The normalized spacial score (nSPS) is 26.4. The van der Waals surface area contributed by atoms with Crippen LogP contribution in [0.2, 0.25) is 0 Å². The number of carbonyl (C=O) groups is 1. The lowest BCUT2D eigenvalue weighted by atomic mass is 10.2. The second-order valence-corrected chi connectivity index (χ2v) is 11.2. The zero-order chi connectivity index (χ0) is 27.2. The van der Waals surface area contributed by atoms with Crippen molar-refractivity contribution in [3.05, 3.63) is 30.4 Å². The Morgan fingerprint density at radius 3 is 2.55 bits per heavy atom. The van der Waals surface area contributed by atoms with Crippen LogP contribution in [0, 0.1) is 0 Å². The van der Waals surface area contributed by atoms with E-state index in [-0.39, 0.29) is 12.0 Å². The highest BCUT2D eigenvalue weighted by molar-refractivity contribution is 5.96. The van der Waals surface area contributed by atoms with E-state index in [2.05, 4.69) is 47.6 Å². The summed E-state index contributed by atoms with van der Waals surface area (Å²) in [6, 6.07) is 2.41. The van der Waals surface area contributed by atoms with Gasteiger partial charge >= 0.3 is 0 Å². The monoisotopic (exact) mass is 546 g/mol. The van der Waals surface area contributed by atoms with Crippen molar-refractivity contribution in [1.82, 2.24) is 40.0 Å². The van der Waals surface area contributed by atoms with Gasteiger partial charge in [0.05, 0.1) is 12.3 Å². The molecular weight excluding hydrogens is 512 g/mol. The van der Waals surface area contributed by atoms with E-state index in [0.29, 0.717) is 60.4 Å². The Hall–Kier alpha value is -3.91. The van der Waals surface area contributed by atoms with Crippen molar-refractivity contribution in [3.8, 4) is 0 Å². The highest BCUT2D eigenvalue weighted by atomic mass is 16.5. The van der Waals surface area contributed by atoms with Gasteiger partial charge in [0.15, 0.2) is 11.6 Å². The summed E-state index contributed by atoms with van der Waals surface area (Å²) < 4.78 is 5.68. The minimum absolute atomic E-state index is 0.152. The van der Waals surface area contributed by atoms with E-state index < -0.39 is 6.04 Å². The molecule has 0 spiro atoms. The number of piperazine rings is 1. The van der Waals surface area contributed by atoms with Crippen molar-refractivity contribution in [1.29, 1.82) is 0 Å². The van der Waals surface area contributed by atoms with Crippen molar-refractivity contribution < 1.29 is 9.53 Å². The number of nitrogens with one attached hydrogen (secondary N) is 3. The van der Waals surface area contributed by atoms with Crippen LogP contribution in [-0.2, 0) is 9.53 Å². The number of hydrogen-bond donors (Lipinski definition) is 3. The summed E-state index contributed by atoms with van der Waals surface area (Å²) in [7, 11) is 3.86. The van der Waals surface area contributed by atoms with Gasteiger partial charge in [-0.1, -0.05) is 0 Å². The molecule has 4 aliphatic rings. The van der Waals surface area contributed by atoms with Crippen LogP contribution in [0.25, 0.3) is 0 Å². The van der Waals surface area contributed by atoms with E-state index >= 15 is 0 Å². The molecule has 4 fully saturated rings. The third-order valence-electron chi connectivity index (χ3n) is 8.57. The van der Waals surface area contributed by atoms with Gasteiger partial charge in [0.2, 0.25) is 23.8 Å². The van der Waals surface area contributed by atoms with Gasteiger partial charge in [-0.2, -0.15) is 20.1 Å². The van der Waals surface area contributed by atoms with Crippen molar-refractivity contribution >= 4 is 35.4 Å². The fraction of sp³-hybridized carbons (Fsp3) is 0.577. The summed E-state index contributed by atoms with van der Waals surface area (Å²) in [6.45, 7) is 2.17. The lowest BCUT2D eigenvalue weighted by Gasteiger charge is -2.39. The van der Waals surface area contributed by atoms with Gasteiger partial charge in [0.25, 0.3) is 0 Å². The van der Waals surface area contributed by atoms with Gasteiger partial charge in [-0.15, -0.1) is 0 Å². The predicted octanol–water partition coefficient (Wildman–Crippen LogP) is 1.52. The van der Waals surface area contributed by atoms with Crippen LogP contribution in [0.3, 0.4) is 0 Å². The van der Waals surface area contributed by atoms with E-state index in [4.69, 9.17) is 19.7 Å². The molecule has 7 rings (SSSR count). The summed E-state index contributed by atoms with van der Waals surface area (Å²) >= 11 is 0. The molecule has 3 aromatic rings. The highest BCUT2D eigenvalue weighted by Crippen LogP contribution is 2.40. The lowest BCUT2D eigenvalue weighted by Crippen LogP contribution is -2.52. The van der Waals surface area contributed by atoms with E-state index in [1.807, 2.05) is 11.0 Å². The van der Waals surface area contributed by atoms with Crippen molar-refractivity contribution in [2.75, 3.05) is 54.2 Å². The second-order valence-electron chi connectivity index (χ2n) is 11.2. The number of likely N-dealkylation sites (N-methyl/N-ethyl adjacent to an activating group) is 1. The maximum atomic E-state index is 13.4. The van der Waals surface area contributed by atoms with Crippen molar-refractivity contribution in [2.24, 2.45) is 0 Å². The lowest BCUT2D eigenvalue weighted by molar-refractivity contribution is -0.117. The SMILES string of the molecule is CO[C@H]1C[C@@H](C(=O)Nc2cnccn2)N(c2nc(Nc3cc(C4CC4)[nH]n3)nc(N3C[C@H]4CC[C@@H](C3)N4C)n2)C1. The second kappa shape index (κ2) is 10.2. The minimum atomic E-state index is -0.550. The molecule has 2 bridgehead atoms. The Labute approximate surface area is 232 Å². The molecule has 4 atom stereocenters. The number of methoxy groups -OCH3 is 1. The average Bonchev–Trinajstić information content (AvgIpc) is 3.50. The smallest absolute Gasteiger partial charge is 0.248 e. The molecule has 3 saturated heterocycles. The van der Waals surface area contributed by atoms with Crippen molar-refractivity contribution in [3.63, 3.8) is 0 Å². The number of anilines is 5. The number of carbonyl (C=O) groups excluding carboxylic acids is 1. The zero-order valence-electron chi connectivity index (χ0n) is 22.7. The molecule has 1 saturated carbocycles. The molecule has 0 unspecified atom stereocenters. The Morgan fingerprint density at radius 1 is 1.02 bits per heavy atom. The standard InChI is InChI=1S/C26H34N12O2/c1-36-16-5-6-17(36)13-37(12-16)25-31-24(30-21-10-19(34-35-21)15-3-4-15)32-26(33-25)38-14-18(40-2)9-20(38)23(39)29-22-11-27-7-8-28-22/h7-8,10-11,15-18,20H,3-6,9,12-14H2,1-2H3,(H,28,29,39)(H2,30,31,32,33,34,35)/t16-,17+,18-,20-/m0/s1. The van der Waals surface area contributed by atoms with E-state index in [1.54, 1.807) is 19.5 Å². The number of nitrogens with zero attached hydrogens (tertiary/aromatic N) is 9. The molecule has 3 aromatic heterocycles. The number of aromatic nitrogens is 7. The predicted molar refractivity (Wildman–Crippen MR) is 148 cm³/mol. The summed E-state index contributed by atoms with van der Waals surface area (Å²) in [5, 5.41) is 13.7. The summed E-state index contributed by atoms with van der Waals surface area (Å²) in [6.07, 6.45) is 9.68. The molecule has 6 heterocycles. The van der Waals surface area contributed by atoms with E-state index in [1.165, 1.54) is 31.9 Å². The molecule has 40 heavy (non-hydrogen) atoms. The quantitative estimate of drug-likeness (QED) is 0.375. The number of fused-ring (bicyclic) bond motifs is 2. The number of amides is 1. The Bertz CT molecular complexity index is 1350. The Morgan fingerprint density at radius 2 is 1.82 bits per heavy atom. The first-order valence-corrected chi connectivity index (χ1v) is 14.0.